The fourth-order valence-electron chi connectivity index (χ4n) is 1.48. The van der Waals surface area contributed by atoms with Crippen molar-refractivity contribution in [1.82, 2.24) is 14.9 Å². The van der Waals surface area contributed by atoms with E-state index in [1.807, 2.05) is 4.57 Å². The molecule has 0 bridgehead atoms. The third-order valence-corrected chi connectivity index (χ3v) is 2.88. The van der Waals surface area contributed by atoms with Crippen molar-refractivity contribution in [1.29, 1.82) is 0 Å². The minimum Gasteiger partial charge on any atom is -0.350 e. The molecular weight excluding hydrogens is 301 g/mol. The van der Waals surface area contributed by atoms with Crippen LogP contribution in [0.1, 0.15) is 10.4 Å². The van der Waals surface area contributed by atoms with Gasteiger partial charge in [0.05, 0.1) is 11.9 Å². The third-order valence-electron chi connectivity index (χ3n) is 2.39. The van der Waals surface area contributed by atoms with Crippen LogP contribution in [0.25, 0.3) is 0 Å². The summed E-state index contributed by atoms with van der Waals surface area (Å²) in [5.41, 5.74) is 0.0370. The molecule has 0 aliphatic rings. The lowest BCUT2D eigenvalue weighted by Gasteiger charge is -2.07. The van der Waals surface area contributed by atoms with Crippen molar-refractivity contribution in [3.8, 4) is 0 Å². The number of carbonyl (C=O) groups excluding carboxylic acids is 1. The van der Waals surface area contributed by atoms with Crippen LogP contribution in [0.15, 0.2) is 41.4 Å². The Morgan fingerprint density at radius 2 is 2.33 bits per heavy atom. The quantitative estimate of drug-likeness (QED) is 0.941. The highest BCUT2D eigenvalue weighted by Crippen LogP contribution is 2.15. The number of halogens is 2. The molecule has 6 heteroatoms. The second kappa shape index (κ2) is 5.77. The summed E-state index contributed by atoms with van der Waals surface area (Å²) in [4.78, 5) is 15.6. The summed E-state index contributed by atoms with van der Waals surface area (Å²) >= 11 is 3.21. The molecule has 1 amide bonds. The topological polar surface area (TPSA) is 46.9 Å². The molecule has 1 heterocycles. The number of amides is 1. The molecule has 0 aliphatic heterocycles. The molecule has 1 aromatic heterocycles. The highest BCUT2D eigenvalue weighted by Gasteiger charge is 2.11. The van der Waals surface area contributed by atoms with E-state index in [0.29, 0.717) is 17.6 Å². The largest absolute Gasteiger partial charge is 0.350 e. The van der Waals surface area contributed by atoms with Gasteiger partial charge in [-0.05, 0) is 18.2 Å². The molecule has 0 saturated heterocycles. The van der Waals surface area contributed by atoms with Gasteiger partial charge in [0.25, 0.3) is 5.91 Å². The van der Waals surface area contributed by atoms with Crippen LogP contribution in [-0.4, -0.2) is 22.0 Å². The number of hydrogen-bond acceptors (Lipinski definition) is 2. The summed E-state index contributed by atoms with van der Waals surface area (Å²) in [5.74, 6) is -0.952. The van der Waals surface area contributed by atoms with Crippen molar-refractivity contribution < 1.29 is 9.18 Å². The van der Waals surface area contributed by atoms with Gasteiger partial charge in [-0.25, -0.2) is 9.37 Å². The first-order chi connectivity index (χ1) is 8.66. The maximum atomic E-state index is 13.4. The smallest absolute Gasteiger partial charge is 0.254 e. The van der Waals surface area contributed by atoms with E-state index in [2.05, 4.69) is 26.2 Å². The number of carbonyl (C=O) groups is 1. The summed E-state index contributed by atoms with van der Waals surface area (Å²) < 4.78 is 15.9. The zero-order chi connectivity index (χ0) is 13.0. The SMILES string of the molecule is O=C(NCCn1ccnc1)c1cc(Br)ccc1F. The van der Waals surface area contributed by atoms with Crippen molar-refractivity contribution in [2.24, 2.45) is 0 Å². The molecule has 0 fully saturated rings. The van der Waals surface area contributed by atoms with Gasteiger partial charge in [-0.2, -0.15) is 0 Å². The molecular formula is C12H11BrFN3O. The lowest BCUT2D eigenvalue weighted by Crippen LogP contribution is -2.27. The summed E-state index contributed by atoms with van der Waals surface area (Å²) in [6.07, 6.45) is 5.12. The van der Waals surface area contributed by atoms with E-state index in [1.54, 1.807) is 24.8 Å². The fraction of sp³-hybridized carbons (Fsp3) is 0.167. The van der Waals surface area contributed by atoms with E-state index in [9.17, 15) is 9.18 Å². The van der Waals surface area contributed by atoms with Crippen molar-refractivity contribution in [2.45, 2.75) is 6.54 Å². The molecule has 0 radical (unpaired) electrons. The molecule has 0 atom stereocenters. The molecule has 0 saturated carbocycles. The van der Waals surface area contributed by atoms with Crippen LogP contribution < -0.4 is 5.32 Å². The molecule has 2 aromatic rings. The van der Waals surface area contributed by atoms with Gasteiger partial charge in [0.1, 0.15) is 5.82 Å². The third kappa shape index (κ3) is 3.16. The Labute approximate surface area is 112 Å². The van der Waals surface area contributed by atoms with Crippen LogP contribution in [0.5, 0.6) is 0 Å². The predicted octanol–water partition coefficient (Wildman–Crippen LogP) is 2.21. The van der Waals surface area contributed by atoms with Gasteiger partial charge in [0.15, 0.2) is 0 Å². The van der Waals surface area contributed by atoms with Gasteiger partial charge in [0, 0.05) is 30.0 Å². The van der Waals surface area contributed by atoms with Crippen LogP contribution in [-0.2, 0) is 6.54 Å². The fourth-order valence-corrected chi connectivity index (χ4v) is 1.85. The summed E-state index contributed by atoms with van der Waals surface area (Å²) in [5, 5.41) is 2.66. The Morgan fingerprint density at radius 3 is 3.06 bits per heavy atom. The Balaban J connectivity index is 1.93. The van der Waals surface area contributed by atoms with Gasteiger partial charge in [-0.1, -0.05) is 15.9 Å². The number of hydrogen-bond donors (Lipinski definition) is 1. The lowest BCUT2D eigenvalue weighted by molar-refractivity contribution is 0.0948. The Hall–Kier alpha value is -1.69. The van der Waals surface area contributed by atoms with E-state index in [0.717, 1.165) is 0 Å². The van der Waals surface area contributed by atoms with Crippen molar-refractivity contribution >= 4 is 21.8 Å². The van der Waals surface area contributed by atoms with Gasteiger partial charge < -0.3 is 9.88 Å². The molecule has 18 heavy (non-hydrogen) atoms. The van der Waals surface area contributed by atoms with Crippen molar-refractivity contribution in [3.63, 3.8) is 0 Å². The second-order valence-electron chi connectivity index (χ2n) is 3.68. The highest BCUT2D eigenvalue weighted by atomic mass is 79.9. The molecule has 0 aliphatic carbocycles. The van der Waals surface area contributed by atoms with Gasteiger partial charge >= 0.3 is 0 Å². The van der Waals surface area contributed by atoms with Gasteiger partial charge in [-0.15, -0.1) is 0 Å². The Kier molecular flexibility index (Phi) is 4.09. The molecule has 0 spiro atoms. The van der Waals surface area contributed by atoms with E-state index in [-0.39, 0.29) is 5.56 Å². The molecule has 0 unspecified atom stereocenters. The molecule has 94 valence electrons. The van der Waals surface area contributed by atoms with Crippen LogP contribution in [0, 0.1) is 5.82 Å². The van der Waals surface area contributed by atoms with E-state index >= 15 is 0 Å². The normalized spacial score (nSPS) is 10.3. The average Bonchev–Trinajstić information content (AvgIpc) is 2.85. The minimum atomic E-state index is -0.529. The number of benzene rings is 1. The lowest BCUT2D eigenvalue weighted by atomic mass is 10.2. The average molecular weight is 312 g/mol. The zero-order valence-corrected chi connectivity index (χ0v) is 11.0. The van der Waals surface area contributed by atoms with E-state index in [4.69, 9.17) is 0 Å². The standard InChI is InChI=1S/C12H11BrFN3O/c13-9-1-2-11(14)10(7-9)12(18)16-4-6-17-5-3-15-8-17/h1-3,5,7-8H,4,6H2,(H,16,18). The van der Waals surface area contributed by atoms with Crippen molar-refractivity contribution in [3.05, 3.63) is 52.8 Å². The number of nitrogens with one attached hydrogen (secondary N) is 1. The first-order valence-electron chi connectivity index (χ1n) is 5.36. The van der Waals surface area contributed by atoms with Gasteiger partial charge in [-0.3, -0.25) is 4.79 Å². The summed E-state index contributed by atoms with van der Waals surface area (Å²) in [6.45, 7) is 1.02. The van der Waals surface area contributed by atoms with Crippen LogP contribution in [0.2, 0.25) is 0 Å². The maximum Gasteiger partial charge on any atom is 0.254 e. The maximum absolute atomic E-state index is 13.4. The first-order valence-corrected chi connectivity index (χ1v) is 6.15. The van der Waals surface area contributed by atoms with Crippen molar-refractivity contribution in [2.75, 3.05) is 6.54 Å². The Bertz CT molecular complexity index is 542. The molecule has 2 rings (SSSR count). The highest BCUT2D eigenvalue weighted by molar-refractivity contribution is 9.10. The van der Waals surface area contributed by atoms with Crippen LogP contribution in [0.3, 0.4) is 0 Å². The summed E-state index contributed by atoms with van der Waals surface area (Å²) in [6, 6.07) is 4.27. The monoisotopic (exact) mass is 311 g/mol. The van der Waals surface area contributed by atoms with E-state index in [1.165, 1.54) is 12.1 Å². The minimum absolute atomic E-state index is 0.0370. The predicted molar refractivity (Wildman–Crippen MR) is 68.7 cm³/mol. The Morgan fingerprint density at radius 1 is 1.50 bits per heavy atom. The van der Waals surface area contributed by atoms with Crippen LogP contribution in [0.4, 0.5) is 4.39 Å². The first kappa shape index (κ1) is 12.8. The number of rotatable bonds is 4. The zero-order valence-electron chi connectivity index (χ0n) is 9.44. The molecule has 1 N–H and O–H groups in total. The molecule has 1 aromatic carbocycles. The number of aromatic nitrogens is 2. The summed E-state index contributed by atoms with van der Waals surface area (Å²) in [7, 11) is 0. The number of nitrogens with zero attached hydrogens (tertiary/aromatic N) is 2. The van der Waals surface area contributed by atoms with Crippen LogP contribution >= 0.6 is 15.9 Å². The number of imidazole rings is 1. The second-order valence-corrected chi connectivity index (χ2v) is 4.60. The van der Waals surface area contributed by atoms with Gasteiger partial charge in [0.2, 0.25) is 0 Å². The molecule has 4 nitrogen and oxygen atoms in total. The van der Waals surface area contributed by atoms with E-state index < -0.39 is 11.7 Å².